The lowest BCUT2D eigenvalue weighted by Crippen LogP contribution is -2.44. The van der Waals surface area contributed by atoms with Crippen LogP contribution >= 0.6 is 0 Å². The zero-order valence-corrected chi connectivity index (χ0v) is 10.7. The maximum Gasteiger partial charge on any atom is 0.408 e. The van der Waals surface area contributed by atoms with Crippen molar-refractivity contribution in [3.63, 3.8) is 0 Å². The highest BCUT2D eigenvalue weighted by molar-refractivity contribution is 5.80. The fourth-order valence-corrected chi connectivity index (χ4v) is 1.45. The van der Waals surface area contributed by atoms with Crippen LogP contribution in [0.5, 0.6) is 0 Å². The maximum absolute atomic E-state index is 11.5. The number of amides is 1. The van der Waals surface area contributed by atoms with Crippen LogP contribution in [-0.4, -0.2) is 23.2 Å². The molecule has 0 fully saturated rings. The van der Waals surface area contributed by atoms with Crippen LogP contribution in [0.4, 0.5) is 4.79 Å². The third-order valence-electron chi connectivity index (χ3n) is 2.65. The van der Waals surface area contributed by atoms with Crippen molar-refractivity contribution in [2.24, 2.45) is 5.92 Å². The van der Waals surface area contributed by atoms with Crippen molar-refractivity contribution < 1.29 is 19.4 Å². The van der Waals surface area contributed by atoms with Gasteiger partial charge in [-0.2, -0.15) is 0 Å². The quantitative estimate of drug-likeness (QED) is 0.771. The van der Waals surface area contributed by atoms with Crippen LogP contribution in [-0.2, 0) is 16.1 Å². The second kappa shape index (κ2) is 7.20. The molecule has 2 atom stereocenters. The summed E-state index contributed by atoms with van der Waals surface area (Å²) in [6.07, 6.45) is 0.709. The van der Waals surface area contributed by atoms with Gasteiger partial charge in [0.05, 0.1) is 0 Å². The zero-order chi connectivity index (χ0) is 14.3. The number of carboxylic acids is 1. The minimum absolute atomic E-state index is 0.0987. The molecule has 0 aliphatic carbocycles. The van der Waals surface area contributed by atoms with Crippen molar-refractivity contribution in [3.05, 3.63) is 48.6 Å². The Labute approximate surface area is 111 Å². The Balaban J connectivity index is 2.49. The van der Waals surface area contributed by atoms with E-state index >= 15 is 0 Å². The van der Waals surface area contributed by atoms with Gasteiger partial charge in [-0.25, -0.2) is 9.59 Å². The zero-order valence-electron chi connectivity index (χ0n) is 10.7. The summed E-state index contributed by atoms with van der Waals surface area (Å²) in [4.78, 5) is 22.5. The van der Waals surface area contributed by atoms with Crippen molar-refractivity contribution in [2.45, 2.75) is 19.6 Å². The van der Waals surface area contributed by atoms with Gasteiger partial charge in [-0.3, -0.25) is 0 Å². The van der Waals surface area contributed by atoms with E-state index in [1.807, 2.05) is 30.3 Å². The molecule has 0 spiro atoms. The molecule has 102 valence electrons. The number of carbonyl (C=O) groups is 2. The molecular formula is C14H17NO4. The van der Waals surface area contributed by atoms with E-state index in [0.717, 1.165) is 5.56 Å². The standard InChI is InChI=1S/C14H17NO4/c1-3-10(2)12(13(16)17)15-14(18)19-9-11-7-5-4-6-8-11/h3-8,10,12H,1,9H2,2H3,(H,15,18)(H,16,17)/t10-,12+/m1/s1. The number of carboxylic acid groups (broad SMARTS) is 1. The molecule has 0 saturated heterocycles. The van der Waals surface area contributed by atoms with Gasteiger partial charge in [0.1, 0.15) is 12.6 Å². The van der Waals surface area contributed by atoms with Gasteiger partial charge in [-0.1, -0.05) is 43.3 Å². The van der Waals surface area contributed by atoms with Crippen LogP contribution in [0, 0.1) is 5.92 Å². The first kappa shape index (κ1) is 14.8. The second-order valence-electron chi connectivity index (χ2n) is 4.12. The summed E-state index contributed by atoms with van der Waals surface area (Å²) in [6, 6.07) is 8.10. The van der Waals surface area contributed by atoms with Gasteiger partial charge >= 0.3 is 12.1 Å². The number of aliphatic carboxylic acids is 1. The fraction of sp³-hybridized carbons (Fsp3) is 0.286. The summed E-state index contributed by atoms with van der Waals surface area (Å²) in [5.41, 5.74) is 0.835. The molecule has 0 aromatic heterocycles. The van der Waals surface area contributed by atoms with Crippen LogP contribution < -0.4 is 5.32 Å². The third kappa shape index (κ3) is 4.83. The van der Waals surface area contributed by atoms with E-state index in [4.69, 9.17) is 9.84 Å². The van der Waals surface area contributed by atoms with E-state index in [1.54, 1.807) is 6.92 Å². The maximum atomic E-state index is 11.5. The molecule has 1 rings (SSSR count). The van der Waals surface area contributed by atoms with Crippen molar-refractivity contribution in [1.82, 2.24) is 5.32 Å². The summed E-state index contributed by atoms with van der Waals surface area (Å²) in [7, 11) is 0. The second-order valence-corrected chi connectivity index (χ2v) is 4.12. The predicted octanol–water partition coefficient (Wildman–Crippen LogP) is 2.19. The fourth-order valence-electron chi connectivity index (χ4n) is 1.45. The lowest BCUT2D eigenvalue weighted by Gasteiger charge is -2.18. The number of benzene rings is 1. The molecule has 0 aliphatic rings. The lowest BCUT2D eigenvalue weighted by molar-refractivity contribution is -0.140. The van der Waals surface area contributed by atoms with E-state index in [0.29, 0.717) is 0 Å². The average Bonchev–Trinajstić information content (AvgIpc) is 2.42. The van der Waals surface area contributed by atoms with Gasteiger partial charge in [-0.05, 0) is 5.56 Å². The number of nitrogens with one attached hydrogen (secondary N) is 1. The van der Waals surface area contributed by atoms with Gasteiger partial charge in [0.15, 0.2) is 0 Å². The highest BCUT2D eigenvalue weighted by Crippen LogP contribution is 2.06. The molecule has 0 aliphatic heterocycles. The van der Waals surface area contributed by atoms with Crippen LogP contribution in [0.25, 0.3) is 0 Å². The van der Waals surface area contributed by atoms with Gasteiger partial charge in [0.2, 0.25) is 0 Å². The molecular weight excluding hydrogens is 246 g/mol. The minimum Gasteiger partial charge on any atom is -0.480 e. The summed E-state index contributed by atoms with van der Waals surface area (Å²) < 4.78 is 4.96. The van der Waals surface area contributed by atoms with Crippen LogP contribution in [0.15, 0.2) is 43.0 Å². The molecule has 0 saturated carbocycles. The third-order valence-corrected chi connectivity index (χ3v) is 2.65. The molecule has 1 aromatic rings. The number of ether oxygens (including phenoxy) is 1. The highest BCUT2D eigenvalue weighted by atomic mass is 16.5. The van der Waals surface area contributed by atoms with E-state index in [2.05, 4.69) is 11.9 Å². The summed E-state index contributed by atoms with van der Waals surface area (Å²) in [6.45, 7) is 5.26. The Kier molecular flexibility index (Phi) is 5.60. The van der Waals surface area contributed by atoms with E-state index in [1.165, 1.54) is 6.08 Å². The smallest absolute Gasteiger partial charge is 0.408 e. The van der Waals surface area contributed by atoms with Gasteiger partial charge < -0.3 is 15.2 Å². The molecule has 19 heavy (non-hydrogen) atoms. The first-order chi connectivity index (χ1) is 9.04. The van der Waals surface area contributed by atoms with Crippen LogP contribution in [0.1, 0.15) is 12.5 Å². The monoisotopic (exact) mass is 263 g/mol. The van der Waals surface area contributed by atoms with E-state index < -0.39 is 18.1 Å². The predicted molar refractivity (Wildman–Crippen MR) is 70.5 cm³/mol. The van der Waals surface area contributed by atoms with Crippen molar-refractivity contribution in [1.29, 1.82) is 0 Å². The van der Waals surface area contributed by atoms with E-state index in [-0.39, 0.29) is 12.5 Å². The Hall–Kier alpha value is -2.30. The largest absolute Gasteiger partial charge is 0.480 e. The number of hydrogen-bond donors (Lipinski definition) is 2. The molecule has 1 amide bonds. The number of alkyl carbamates (subject to hydrolysis) is 1. The molecule has 1 aromatic carbocycles. The van der Waals surface area contributed by atoms with Crippen LogP contribution in [0.3, 0.4) is 0 Å². The van der Waals surface area contributed by atoms with Gasteiger partial charge in [0.25, 0.3) is 0 Å². The summed E-state index contributed by atoms with van der Waals surface area (Å²) in [5.74, 6) is -1.51. The van der Waals surface area contributed by atoms with Gasteiger partial charge in [-0.15, -0.1) is 6.58 Å². The normalized spacial score (nSPS) is 13.1. The summed E-state index contributed by atoms with van der Waals surface area (Å²) >= 11 is 0. The van der Waals surface area contributed by atoms with E-state index in [9.17, 15) is 9.59 Å². The molecule has 5 heteroatoms. The van der Waals surface area contributed by atoms with Crippen molar-refractivity contribution in [2.75, 3.05) is 0 Å². The average molecular weight is 263 g/mol. The Morgan fingerprint density at radius 2 is 2.05 bits per heavy atom. The molecule has 5 nitrogen and oxygen atoms in total. The Bertz CT molecular complexity index is 444. The van der Waals surface area contributed by atoms with Crippen molar-refractivity contribution >= 4 is 12.1 Å². The molecule has 0 bridgehead atoms. The number of rotatable bonds is 6. The Morgan fingerprint density at radius 1 is 1.42 bits per heavy atom. The summed E-state index contributed by atoms with van der Waals surface area (Å²) in [5, 5.41) is 11.3. The number of hydrogen-bond acceptors (Lipinski definition) is 3. The topological polar surface area (TPSA) is 75.6 Å². The molecule has 0 radical (unpaired) electrons. The van der Waals surface area contributed by atoms with Gasteiger partial charge in [0, 0.05) is 5.92 Å². The molecule has 0 unspecified atom stereocenters. The first-order valence-corrected chi connectivity index (χ1v) is 5.87. The SMILES string of the molecule is C=C[C@@H](C)[C@H](NC(=O)OCc1ccccc1)C(=O)O. The number of carbonyl (C=O) groups excluding carboxylic acids is 1. The van der Waals surface area contributed by atoms with Crippen LogP contribution in [0.2, 0.25) is 0 Å². The van der Waals surface area contributed by atoms with Crippen molar-refractivity contribution in [3.8, 4) is 0 Å². The first-order valence-electron chi connectivity index (χ1n) is 5.87. The molecule has 0 heterocycles. The Morgan fingerprint density at radius 3 is 2.58 bits per heavy atom. The lowest BCUT2D eigenvalue weighted by atomic mass is 10.0. The minimum atomic E-state index is -1.12. The highest BCUT2D eigenvalue weighted by Gasteiger charge is 2.25. The molecule has 2 N–H and O–H groups in total.